The van der Waals surface area contributed by atoms with Gasteiger partial charge in [0.25, 0.3) is 0 Å². The van der Waals surface area contributed by atoms with Gasteiger partial charge in [0.15, 0.2) is 0 Å². The highest BCUT2D eigenvalue weighted by molar-refractivity contribution is 7.89. The van der Waals surface area contributed by atoms with Crippen LogP contribution in [0, 0.1) is 0 Å². The zero-order chi connectivity index (χ0) is 18.6. The molecule has 0 aliphatic carbocycles. The first kappa shape index (κ1) is 18.1. The fraction of sp³-hybridized carbons (Fsp3) is 0.176. The molecule has 0 amide bonds. The molecule has 26 heavy (non-hydrogen) atoms. The molecule has 0 aliphatic heterocycles. The van der Waals surface area contributed by atoms with Crippen LogP contribution in [0.1, 0.15) is 11.3 Å². The number of nitrogens with one attached hydrogen (secondary N) is 2. The normalized spacial score (nSPS) is 11.6. The number of hydrogen-bond donors (Lipinski definition) is 3. The topological polar surface area (TPSA) is 122 Å². The molecular weight excluding hydrogens is 356 g/mol. The molecule has 0 fully saturated rings. The molecule has 136 valence electrons. The summed E-state index contributed by atoms with van der Waals surface area (Å²) < 4.78 is 29.0. The van der Waals surface area contributed by atoms with Crippen molar-refractivity contribution in [3.8, 4) is 5.69 Å². The Hall–Kier alpha value is -2.75. The molecule has 3 rings (SSSR count). The Morgan fingerprint density at radius 1 is 1.08 bits per heavy atom. The van der Waals surface area contributed by atoms with Gasteiger partial charge in [0.1, 0.15) is 0 Å². The van der Waals surface area contributed by atoms with E-state index in [0.717, 1.165) is 11.3 Å². The van der Waals surface area contributed by atoms with Crippen LogP contribution in [0.4, 0.5) is 0 Å². The Morgan fingerprint density at radius 2 is 1.77 bits per heavy atom. The fourth-order valence-corrected chi connectivity index (χ4v) is 3.03. The number of hydrogen-bond acceptors (Lipinski definition) is 5. The quantitative estimate of drug-likeness (QED) is 0.403. The number of H-pyrrole nitrogens is 1. The second-order valence-corrected chi connectivity index (χ2v) is 7.28. The van der Waals surface area contributed by atoms with Gasteiger partial charge < -0.3 is 5.32 Å². The molecule has 0 bridgehead atoms. The van der Waals surface area contributed by atoms with E-state index in [2.05, 4.69) is 10.6 Å². The molecule has 1 aromatic heterocycles. The van der Waals surface area contributed by atoms with E-state index < -0.39 is 15.6 Å². The number of para-hydroxylation sites is 1. The van der Waals surface area contributed by atoms with Gasteiger partial charge in [-0.1, -0.05) is 30.3 Å². The average molecular weight is 375 g/mol. The van der Waals surface area contributed by atoms with Gasteiger partial charge in [0.05, 0.1) is 11.4 Å². The van der Waals surface area contributed by atoms with Gasteiger partial charge in [0.2, 0.25) is 15.7 Å². The van der Waals surface area contributed by atoms with Crippen molar-refractivity contribution in [3.05, 3.63) is 76.3 Å². The van der Waals surface area contributed by atoms with Crippen LogP contribution < -0.4 is 20.8 Å². The van der Waals surface area contributed by atoms with Crippen molar-refractivity contribution in [3.63, 3.8) is 0 Å². The van der Waals surface area contributed by atoms with Crippen molar-refractivity contribution in [2.24, 2.45) is 5.14 Å². The summed E-state index contributed by atoms with van der Waals surface area (Å²) in [6.45, 7) is 0.935. The average Bonchev–Trinajstić information content (AvgIpc) is 3.00. The molecule has 0 unspecified atom stereocenters. The Bertz CT molecular complexity index is 1020. The van der Waals surface area contributed by atoms with Gasteiger partial charge in [0, 0.05) is 12.1 Å². The largest absolute Gasteiger partial charge is 0.431 e. The smallest absolute Gasteiger partial charge is 0.307 e. The first-order chi connectivity index (χ1) is 12.4. The van der Waals surface area contributed by atoms with Crippen molar-refractivity contribution in [1.82, 2.24) is 10.6 Å². The minimum atomic E-state index is -3.68. The number of nitrogens with two attached hydrogens (primary N) is 1. The lowest BCUT2D eigenvalue weighted by Crippen LogP contribution is -2.41. The van der Waals surface area contributed by atoms with Crippen LogP contribution in [0.3, 0.4) is 0 Å². The molecule has 0 aliphatic rings. The van der Waals surface area contributed by atoms with Crippen LogP contribution in [0.25, 0.3) is 5.69 Å². The summed E-state index contributed by atoms with van der Waals surface area (Å²) >= 11 is 0. The molecule has 9 heteroatoms. The molecule has 0 atom stereocenters. The highest BCUT2D eigenvalue weighted by atomic mass is 32.2. The van der Waals surface area contributed by atoms with E-state index in [1.54, 1.807) is 16.8 Å². The van der Waals surface area contributed by atoms with Crippen LogP contribution >= 0.6 is 0 Å². The van der Waals surface area contributed by atoms with Crippen molar-refractivity contribution in [2.75, 3.05) is 6.54 Å². The summed E-state index contributed by atoms with van der Waals surface area (Å²) in [7, 11) is -3.68. The molecule has 2 aromatic carbocycles. The van der Waals surface area contributed by atoms with E-state index in [9.17, 15) is 13.2 Å². The highest BCUT2D eigenvalue weighted by Crippen LogP contribution is 2.09. The molecule has 0 radical (unpaired) electrons. The third-order valence-electron chi connectivity index (χ3n) is 3.88. The van der Waals surface area contributed by atoms with Crippen LogP contribution in [0.5, 0.6) is 0 Å². The zero-order valence-corrected chi connectivity index (χ0v) is 14.7. The lowest BCUT2D eigenvalue weighted by atomic mass is 10.1. The van der Waals surface area contributed by atoms with Gasteiger partial charge in [-0.2, -0.15) is 0 Å². The minimum absolute atomic E-state index is 0.0862. The third kappa shape index (κ3) is 4.26. The molecular formula is C17H19N4O4S+. The first-order valence-corrected chi connectivity index (χ1v) is 9.50. The van der Waals surface area contributed by atoms with E-state index in [-0.39, 0.29) is 4.90 Å². The number of sulfonamides is 1. The summed E-state index contributed by atoms with van der Waals surface area (Å²) in [4.78, 5) is 12.0. The Labute approximate surface area is 150 Å². The SMILES string of the molecule is NS(=O)(=O)c1ccc(CCNCc2c(=O)o[nH][n+]2-c2ccccc2)cc1. The van der Waals surface area contributed by atoms with E-state index in [4.69, 9.17) is 9.66 Å². The summed E-state index contributed by atoms with van der Waals surface area (Å²) in [5.74, 6) is 0. The molecule has 8 nitrogen and oxygen atoms in total. The maximum Gasteiger partial charge on any atom is 0.431 e. The summed E-state index contributed by atoms with van der Waals surface area (Å²) in [6, 6.07) is 15.8. The molecule has 1 heterocycles. The minimum Gasteiger partial charge on any atom is -0.307 e. The van der Waals surface area contributed by atoms with E-state index >= 15 is 0 Å². The number of aromatic nitrogens is 2. The van der Waals surface area contributed by atoms with Crippen LogP contribution in [0.2, 0.25) is 0 Å². The summed E-state index contributed by atoms with van der Waals surface area (Å²) in [5, 5.41) is 10.9. The van der Waals surface area contributed by atoms with E-state index in [1.165, 1.54) is 12.1 Å². The van der Waals surface area contributed by atoms with E-state index in [1.807, 2.05) is 30.3 Å². The molecule has 0 saturated heterocycles. The predicted octanol–water partition coefficient (Wildman–Crippen LogP) is 0.224. The standard InChI is InChI=1S/C17H18N4O4S/c18-26(23,24)15-8-6-13(7-9-15)10-11-19-12-16-17(22)25-20-21(16)14-4-2-1-3-5-14/h1-9,19H,10-12H2,(H2-,18,20,22,23,24)/p+1. The fourth-order valence-electron chi connectivity index (χ4n) is 2.51. The number of benzene rings is 2. The van der Waals surface area contributed by atoms with Crippen molar-refractivity contribution in [1.29, 1.82) is 0 Å². The number of nitrogens with zero attached hydrogens (tertiary/aromatic N) is 1. The molecule has 4 N–H and O–H groups in total. The van der Waals surface area contributed by atoms with Gasteiger partial charge >= 0.3 is 11.3 Å². The van der Waals surface area contributed by atoms with Crippen molar-refractivity contribution >= 4 is 10.0 Å². The molecule has 0 spiro atoms. The Morgan fingerprint density at radius 3 is 2.42 bits per heavy atom. The lowest BCUT2D eigenvalue weighted by molar-refractivity contribution is -0.677. The van der Waals surface area contributed by atoms with Gasteiger partial charge in [-0.05, 0) is 40.6 Å². The Balaban J connectivity index is 1.59. The maximum atomic E-state index is 11.9. The van der Waals surface area contributed by atoms with Gasteiger partial charge in [-0.25, -0.2) is 18.4 Å². The van der Waals surface area contributed by atoms with Gasteiger partial charge in [-0.3, -0.25) is 4.52 Å². The van der Waals surface area contributed by atoms with E-state index in [0.29, 0.717) is 25.2 Å². The zero-order valence-electron chi connectivity index (χ0n) is 13.9. The van der Waals surface area contributed by atoms with Crippen LogP contribution in [-0.2, 0) is 23.0 Å². The van der Waals surface area contributed by atoms with Crippen LogP contribution in [-0.4, -0.2) is 20.2 Å². The van der Waals surface area contributed by atoms with Crippen molar-refractivity contribution in [2.45, 2.75) is 17.9 Å². The van der Waals surface area contributed by atoms with Crippen molar-refractivity contribution < 1.29 is 17.6 Å². The maximum absolute atomic E-state index is 11.9. The lowest BCUT2D eigenvalue weighted by Gasteiger charge is -2.03. The first-order valence-electron chi connectivity index (χ1n) is 7.95. The second-order valence-electron chi connectivity index (χ2n) is 5.71. The number of aromatic amines is 1. The second kappa shape index (κ2) is 7.65. The number of rotatable bonds is 7. The van der Waals surface area contributed by atoms with Crippen LogP contribution in [0.15, 0.2) is 68.8 Å². The summed E-state index contributed by atoms with van der Waals surface area (Å²) in [5.41, 5.74) is 1.79. The number of primary sulfonamides is 1. The monoisotopic (exact) mass is 375 g/mol. The third-order valence-corrected chi connectivity index (χ3v) is 4.81. The van der Waals surface area contributed by atoms with Gasteiger partial charge in [-0.15, -0.1) is 0 Å². The molecule has 0 saturated carbocycles. The Kier molecular flexibility index (Phi) is 5.31. The predicted molar refractivity (Wildman–Crippen MR) is 94.1 cm³/mol. The highest BCUT2D eigenvalue weighted by Gasteiger charge is 2.22. The summed E-state index contributed by atoms with van der Waals surface area (Å²) in [6.07, 6.45) is 0.673. The molecule has 3 aromatic rings.